The lowest BCUT2D eigenvalue weighted by molar-refractivity contribution is -0.139. The molecule has 2 amide bonds. The number of ether oxygens (including phenoxy) is 1. The minimum Gasteiger partial charge on any atom is -0.495 e. The molecule has 9 heteroatoms. The van der Waals surface area contributed by atoms with E-state index >= 15 is 0 Å². The van der Waals surface area contributed by atoms with Gasteiger partial charge in [0.1, 0.15) is 18.3 Å². The molecule has 3 aromatic carbocycles. The molecule has 202 valence electrons. The molecule has 0 spiro atoms. The van der Waals surface area contributed by atoms with Crippen molar-refractivity contribution in [3.05, 3.63) is 90.0 Å². The van der Waals surface area contributed by atoms with Crippen LogP contribution in [0.15, 0.2) is 83.8 Å². The van der Waals surface area contributed by atoms with E-state index in [0.717, 1.165) is 21.9 Å². The van der Waals surface area contributed by atoms with Crippen LogP contribution < -0.4 is 14.4 Å². The second-order valence-corrected chi connectivity index (χ2v) is 10.8. The van der Waals surface area contributed by atoms with Crippen molar-refractivity contribution >= 4 is 27.5 Å². The molecule has 0 saturated heterocycles. The number of hydrogen-bond acceptors (Lipinski definition) is 5. The van der Waals surface area contributed by atoms with E-state index in [-0.39, 0.29) is 23.0 Å². The smallest absolute Gasteiger partial charge is 0.264 e. The number of amides is 2. The lowest BCUT2D eigenvalue weighted by atomic mass is 10.1. The maximum absolute atomic E-state index is 13.9. The number of sulfonamides is 1. The van der Waals surface area contributed by atoms with Gasteiger partial charge < -0.3 is 15.0 Å². The Hall–Kier alpha value is -3.85. The van der Waals surface area contributed by atoms with Gasteiger partial charge in [-0.15, -0.1) is 0 Å². The van der Waals surface area contributed by atoms with Crippen LogP contribution >= 0.6 is 0 Å². The van der Waals surface area contributed by atoms with Crippen molar-refractivity contribution in [2.24, 2.45) is 0 Å². The van der Waals surface area contributed by atoms with Crippen LogP contribution in [0.25, 0.3) is 0 Å². The number of nitrogens with one attached hydrogen (secondary N) is 1. The Morgan fingerprint density at radius 2 is 1.61 bits per heavy atom. The summed E-state index contributed by atoms with van der Waals surface area (Å²) in [5.41, 5.74) is 1.86. The van der Waals surface area contributed by atoms with E-state index < -0.39 is 28.5 Å². The van der Waals surface area contributed by atoms with E-state index in [1.54, 1.807) is 43.3 Å². The fraction of sp³-hybridized carbons (Fsp3) is 0.310. The van der Waals surface area contributed by atoms with Gasteiger partial charge in [0.05, 0.1) is 17.7 Å². The molecule has 38 heavy (non-hydrogen) atoms. The molecule has 0 aliphatic carbocycles. The molecule has 0 heterocycles. The van der Waals surface area contributed by atoms with Gasteiger partial charge in [0.25, 0.3) is 10.0 Å². The molecule has 8 nitrogen and oxygen atoms in total. The Kier molecular flexibility index (Phi) is 9.90. The summed E-state index contributed by atoms with van der Waals surface area (Å²) in [6, 6.07) is 21.6. The Bertz CT molecular complexity index is 1330. The van der Waals surface area contributed by atoms with Gasteiger partial charge in [0.2, 0.25) is 11.8 Å². The highest BCUT2D eigenvalue weighted by Gasteiger charge is 2.33. The quantitative estimate of drug-likeness (QED) is 0.375. The number of carbonyl (C=O) groups is 2. The SMILES string of the molecule is CCCNC(=O)C(C)N(Cc1ccccc1)C(=O)CN(c1cc(C)ccc1OC)S(=O)(=O)c1ccccc1. The summed E-state index contributed by atoms with van der Waals surface area (Å²) in [7, 11) is -2.71. The maximum atomic E-state index is 13.9. The van der Waals surface area contributed by atoms with Gasteiger partial charge in [0.15, 0.2) is 0 Å². The predicted octanol–water partition coefficient (Wildman–Crippen LogP) is 4.14. The third kappa shape index (κ3) is 6.92. The van der Waals surface area contributed by atoms with Crippen LogP contribution in [0.4, 0.5) is 5.69 Å². The van der Waals surface area contributed by atoms with Crippen molar-refractivity contribution in [3.8, 4) is 5.75 Å². The molecule has 0 radical (unpaired) electrons. The van der Waals surface area contributed by atoms with E-state index in [1.165, 1.54) is 24.1 Å². The molecule has 1 N–H and O–H groups in total. The molecule has 0 aromatic heterocycles. The molecule has 1 unspecified atom stereocenters. The first kappa shape index (κ1) is 28.7. The van der Waals surface area contributed by atoms with Crippen molar-refractivity contribution < 1.29 is 22.7 Å². The average molecular weight is 538 g/mol. The van der Waals surface area contributed by atoms with E-state index in [2.05, 4.69) is 5.32 Å². The standard InChI is InChI=1S/C29H35N3O5S/c1-5-18-30-29(34)23(3)31(20-24-12-8-6-9-13-24)28(33)21-32(26-19-22(2)16-17-27(26)37-4)38(35,36)25-14-10-7-11-15-25/h6-17,19,23H,5,18,20-21H2,1-4H3,(H,30,34). The van der Waals surface area contributed by atoms with Gasteiger partial charge in [-0.05, 0) is 55.7 Å². The van der Waals surface area contributed by atoms with Crippen molar-refractivity contribution in [2.45, 2.75) is 44.7 Å². The van der Waals surface area contributed by atoms with E-state index in [1.807, 2.05) is 44.2 Å². The Morgan fingerprint density at radius 1 is 0.974 bits per heavy atom. The van der Waals surface area contributed by atoms with E-state index in [0.29, 0.717) is 12.3 Å². The largest absolute Gasteiger partial charge is 0.495 e. The van der Waals surface area contributed by atoms with Crippen molar-refractivity contribution in [1.82, 2.24) is 10.2 Å². The molecule has 3 aromatic rings. The minimum absolute atomic E-state index is 0.0414. The maximum Gasteiger partial charge on any atom is 0.264 e. The molecule has 0 bridgehead atoms. The van der Waals surface area contributed by atoms with Crippen LogP contribution in [-0.2, 0) is 26.2 Å². The number of anilines is 1. The molecule has 0 saturated carbocycles. The first-order chi connectivity index (χ1) is 18.2. The monoisotopic (exact) mass is 537 g/mol. The number of rotatable bonds is 12. The molecule has 1 atom stereocenters. The number of methoxy groups -OCH3 is 1. The average Bonchev–Trinajstić information content (AvgIpc) is 2.93. The minimum atomic E-state index is -4.16. The zero-order valence-corrected chi connectivity index (χ0v) is 23.1. The molecule has 3 rings (SSSR count). The summed E-state index contributed by atoms with van der Waals surface area (Å²) in [4.78, 5) is 28.3. The topological polar surface area (TPSA) is 96.0 Å². The summed E-state index contributed by atoms with van der Waals surface area (Å²) in [6.45, 7) is 5.53. The molecular formula is C29H35N3O5S. The van der Waals surface area contributed by atoms with Gasteiger partial charge in [-0.3, -0.25) is 13.9 Å². The summed E-state index contributed by atoms with van der Waals surface area (Å²) < 4.78 is 34.3. The first-order valence-corrected chi connectivity index (χ1v) is 14.0. The summed E-state index contributed by atoms with van der Waals surface area (Å²) in [5.74, 6) is -0.510. The lowest BCUT2D eigenvalue weighted by Crippen LogP contribution is -2.51. The Balaban J connectivity index is 2.06. The summed E-state index contributed by atoms with van der Waals surface area (Å²) >= 11 is 0. The lowest BCUT2D eigenvalue weighted by Gasteiger charge is -2.32. The van der Waals surface area contributed by atoms with Crippen LogP contribution in [0.5, 0.6) is 5.75 Å². The summed E-state index contributed by atoms with van der Waals surface area (Å²) in [6.07, 6.45) is 0.751. The van der Waals surface area contributed by atoms with Gasteiger partial charge >= 0.3 is 0 Å². The number of nitrogens with zero attached hydrogens (tertiary/aromatic N) is 2. The first-order valence-electron chi connectivity index (χ1n) is 12.5. The van der Waals surface area contributed by atoms with Crippen molar-refractivity contribution in [1.29, 1.82) is 0 Å². The number of hydrogen-bond donors (Lipinski definition) is 1. The number of benzene rings is 3. The molecule has 0 fully saturated rings. The third-order valence-electron chi connectivity index (χ3n) is 6.13. The highest BCUT2D eigenvalue weighted by atomic mass is 32.2. The Labute approximate surface area is 225 Å². The van der Waals surface area contributed by atoms with Crippen LogP contribution in [-0.4, -0.2) is 51.4 Å². The van der Waals surface area contributed by atoms with E-state index in [9.17, 15) is 18.0 Å². The fourth-order valence-electron chi connectivity index (χ4n) is 3.99. The second-order valence-electron chi connectivity index (χ2n) is 8.97. The van der Waals surface area contributed by atoms with Crippen LogP contribution in [0, 0.1) is 6.92 Å². The van der Waals surface area contributed by atoms with Gasteiger partial charge in [-0.1, -0.05) is 61.5 Å². The highest BCUT2D eigenvalue weighted by molar-refractivity contribution is 7.92. The van der Waals surface area contributed by atoms with Crippen LogP contribution in [0.2, 0.25) is 0 Å². The zero-order chi connectivity index (χ0) is 27.7. The van der Waals surface area contributed by atoms with Crippen molar-refractivity contribution in [3.63, 3.8) is 0 Å². The normalized spacial score (nSPS) is 11.9. The fourth-order valence-corrected chi connectivity index (χ4v) is 5.42. The summed E-state index contributed by atoms with van der Waals surface area (Å²) in [5, 5.41) is 2.84. The predicted molar refractivity (Wildman–Crippen MR) is 148 cm³/mol. The van der Waals surface area contributed by atoms with Gasteiger partial charge in [-0.25, -0.2) is 8.42 Å². The highest BCUT2D eigenvalue weighted by Crippen LogP contribution is 2.33. The third-order valence-corrected chi connectivity index (χ3v) is 7.90. The van der Waals surface area contributed by atoms with Crippen LogP contribution in [0.3, 0.4) is 0 Å². The number of carbonyl (C=O) groups excluding carboxylic acids is 2. The second kappa shape index (κ2) is 13.1. The van der Waals surface area contributed by atoms with Crippen molar-refractivity contribution in [2.75, 3.05) is 24.5 Å². The van der Waals surface area contributed by atoms with Gasteiger partial charge in [-0.2, -0.15) is 0 Å². The van der Waals surface area contributed by atoms with Gasteiger partial charge in [0, 0.05) is 13.1 Å². The number of aryl methyl sites for hydroxylation is 1. The zero-order valence-electron chi connectivity index (χ0n) is 22.3. The molecule has 0 aliphatic heterocycles. The van der Waals surface area contributed by atoms with E-state index in [4.69, 9.17) is 4.74 Å². The van der Waals surface area contributed by atoms with Crippen LogP contribution in [0.1, 0.15) is 31.4 Å². The molecular weight excluding hydrogens is 502 g/mol. The molecule has 0 aliphatic rings. The Morgan fingerprint density at radius 3 is 2.21 bits per heavy atom.